The van der Waals surface area contributed by atoms with E-state index in [4.69, 9.17) is 0 Å². The van der Waals surface area contributed by atoms with Gasteiger partial charge in [-0.15, -0.1) is 11.3 Å². The highest BCUT2D eigenvalue weighted by molar-refractivity contribution is 7.89. The zero-order valence-corrected chi connectivity index (χ0v) is 17.9. The maximum Gasteiger partial charge on any atom is 0.243 e. The van der Waals surface area contributed by atoms with Gasteiger partial charge in [0.15, 0.2) is 0 Å². The van der Waals surface area contributed by atoms with E-state index < -0.39 is 10.0 Å². The Morgan fingerprint density at radius 1 is 1.33 bits per heavy atom. The summed E-state index contributed by atoms with van der Waals surface area (Å²) in [5, 5.41) is 0.929. The normalized spacial score (nSPS) is 15.7. The van der Waals surface area contributed by atoms with Crippen LogP contribution in [0.25, 0.3) is 0 Å². The van der Waals surface area contributed by atoms with Gasteiger partial charge in [-0.1, -0.05) is 0 Å². The fourth-order valence-electron chi connectivity index (χ4n) is 3.54. The third-order valence-electron chi connectivity index (χ3n) is 5.11. The summed E-state index contributed by atoms with van der Waals surface area (Å²) < 4.78 is 27.8. The second-order valence-corrected chi connectivity index (χ2v) is 10.3. The van der Waals surface area contributed by atoms with Gasteiger partial charge in [0.05, 0.1) is 21.6 Å². The minimum absolute atomic E-state index is 0.0216. The molecule has 1 aromatic carbocycles. The van der Waals surface area contributed by atoms with Crippen molar-refractivity contribution in [3.8, 4) is 0 Å². The number of hydrogen-bond acceptors (Lipinski definition) is 5. The predicted molar refractivity (Wildman–Crippen MR) is 108 cm³/mol. The van der Waals surface area contributed by atoms with Crippen LogP contribution in [0.4, 0.5) is 5.69 Å². The molecular weight excluding hydrogens is 382 g/mol. The van der Waals surface area contributed by atoms with Crippen LogP contribution in [0.1, 0.15) is 47.5 Å². The maximum absolute atomic E-state index is 13.2. The summed E-state index contributed by atoms with van der Waals surface area (Å²) in [6.07, 6.45) is 1.60. The Hall–Kier alpha value is -1.77. The first-order chi connectivity index (χ1) is 12.6. The molecule has 0 bridgehead atoms. The van der Waals surface area contributed by atoms with Gasteiger partial charge in [-0.25, -0.2) is 13.4 Å². The topological polar surface area (TPSA) is 70.6 Å². The first-order valence-corrected chi connectivity index (χ1v) is 11.2. The third-order valence-corrected chi connectivity index (χ3v) is 7.93. The molecule has 1 unspecified atom stereocenters. The van der Waals surface area contributed by atoms with E-state index >= 15 is 0 Å². The van der Waals surface area contributed by atoms with E-state index in [1.165, 1.54) is 11.2 Å². The largest absolute Gasteiger partial charge is 0.312 e. The molecule has 0 aliphatic carbocycles. The lowest BCUT2D eigenvalue weighted by Gasteiger charge is -2.29. The Bertz CT molecular complexity index is 982. The van der Waals surface area contributed by atoms with Crippen LogP contribution in [-0.2, 0) is 21.2 Å². The second-order valence-electron chi connectivity index (χ2n) is 6.94. The number of fused-ring (bicyclic) bond motifs is 1. The molecule has 2 aromatic rings. The van der Waals surface area contributed by atoms with Crippen molar-refractivity contribution in [2.75, 3.05) is 18.5 Å². The van der Waals surface area contributed by atoms with Gasteiger partial charge in [-0.3, -0.25) is 4.79 Å². The molecule has 146 valence electrons. The summed E-state index contributed by atoms with van der Waals surface area (Å²) in [4.78, 5) is 19.3. The van der Waals surface area contributed by atoms with Crippen molar-refractivity contribution in [1.82, 2.24) is 9.29 Å². The van der Waals surface area contributed by atoms with Crippen molar-refractivity contribution in [2.24, 2.45) is 0 Å². The van der Waals surface area contributed by atoms with E-state index in [-0.39, 0.29) is 16.8 Å². The summed E-state index contributed by atoms with van der Waals surface area (Å²) >= 11 is 1.57. The number of sulfonamides is 1. The smallest absolute Gasteiger partial charge is 0.243 e. The van der Waals surface area contributed by atoms with Crippen LogP contribution in [0, 0.1) is 13.8 Å². The maximum atomic E-state index is 13.2. The minimum atomic E-state index is -3.67. The van der Waals surface area contributed by atoms with E-state index in [1.54, 1.807) is 41.5 Å². The molecule has 8 heteroatoms. The highest BCUT2D eigenvalue weighted by Gasteiger charge is 2.30. The lowest BCUT2D eigenvalue weighted by atomic mass is 10.0. The van der Waals surface area contributed by atoms with Gasteiger partial charge in [-0.05, 0) is 57.4 Å². The minimum Gasteiger partial charge on any atom is -0.312 e. The average Bonchev–Trinajstić information content (AvgIpc) is 2.97. The number of aromatic nitrogens is 1. The Kier molecular flexibility index (Phi) is 5.42. The molecule has 0 spiro atoms. The van der Waals surface area contributed by atoms with Crippen LogP contribution in [0.2, 0.25) is 0 Å². The number of aryl methyl sites for hydroxylation is 3. The van der Waals surface area contributed by atoms with Crippen LogP contribution in [0.3, 0.4) is 0 Å². The zero-order chi connectivity index (χ0) is 19.9. The molecule has 1 aromatic heterocycles. The standard InChI is InChI=1S/C19H25N3O3S2/c1-12(19-13(2)26-14(3)20-19)21(5)27(24,25)17-8-9-18-16(11-17)7-6-10-22(18)15(4)23/h8-9,11-12H,6-7,10H2,1-5H3. The second kappa shape index (κ2) is 7.33. The quantitative estimate of drug-likeness (QED) is 0.778. The molecule has 27 heavy (non-hydrogen) atoms. The number of amides is 1. The van der Waals surface area contributed by atoms with Gasteiger partial charge < -0.3 is 4.90 Å². The summed E-state index contributed by atoms with van der Waals surface area (Å²) in [7, 11) is -2.08. The molecule has 3 rings (SSSR count). The molecular formula is C19H25N3O3S2. The number of nitrogens with zero attached hydrogens (tertiary/aromatic N) is 3. The van der Waals surface area contributed by atoms with E-state index in [9.17, 15) is 13.2 Å². The average molecular weight is 408 g/mol. The Morgan fingerprint density at radius 2 is 2.04 bits per heavy atom. The number of carbonyl (C=O) groups excluding carboxylic acids is 1. The molecule has 0 N–H and O–H groups in total. The third kappa shape index (κ3) is 3.66. The predicted octanol–water partition coefficient (Wildman–Crippen LogP) is 3.44. The van der Waals surface area contributed by atoms with Crippen LogP contribution in [-0.4, -0.2) is 37.2 Å². The fourth-order valence-corrected chi connectivity index (χ4v) is 5.83. The zero-order valence-electron chi connectivity index (χ0n) is 16.3. The summed E-state index contributed by atoms with van der Waals surface area (Å²) in [6.45, 7) is 7.95. The molecule has 1 aliphatic heterocycles. The Balaban J connectivity index is 1.95. The highest BCUT2D eigenvalue weighted by Crippen LogP contribution is 2.33. The van der Waals surface area contributed by atoms with Gasteiger partial charge >= 0.3 is 0 Å². The van der Waals surface area contributed by atoms with Crippen molar-refractivity contribution in [3.63, 3.8) is 0 Å². The lowest BCUT2D eigenvalue weighted by Crippen LogP contribution is -2.34. The molecule has 0 saturated heterocycles. The SMILES string of the molecule is CC(=O)N1CCCc2cc(S(=O)(=O)N(C)C(C)c3nc(C)sc3C)ccc21. The number of rotatable bonds is 4. The summed E-state index contributed by atoms with van der Waals surface area (Å²) in [6, 6.07) is 4.70. The molecule has 0 fully saturated rings. The Morgan fingerprint density at radius 3 is 2.63 bits per heavy atom. The van der Waals surface area contributed by atoms with E-state index in [0.717, 1.165) is 39.7 Å². The van der Waals surface area contributed by atoms with Crippen LogP contribution in [0.15, 0.2) is 23.1 Å². The molecule has 2 heterocycles. The first-order valence-electron chi connectivity index (χ1n) is 8.96. The van der Waals surface area contributed by atoms with Gasteiger partial charge in [0.25, 0.3) is 0 Å². The molecule has 6 nitrogen and oxygen atoms in total. The van der Waals surface area contributed by atoms with E-state index in [1.807, 2.05) is 20.8 Å². The van der Waals surface area contributed by atoms with E-state index in [2.05, 4.69) is 4.98 Å². The van der Waals surface area contributed by atoms with Crippen molar-refractivity contribution in [1.29, 1.82) is 0 Å². The number of carbonyl (C=O) groups is 1. The summed E-state index contributed by atoms with van der Waals surface area (Å²) in [5.41, 5.74) is 2.51. The van der Waals surface area contributed by atoms with E-state index in [0.29, 0.717) is 6.54 Å². The summed E-state index contributed by atoms with van der Waals surface area (Å²) in [5.74, 6) is -0.0216. The monoisotopic (exact) mass is 407 g/mol. The molecule has 1 amide bonds. The van der Waals surface area contributed by atoms with Crippen molar-refractivity contribution < 1.29 is 13.2 Å². The van der Waals surface area contributed by atoms with Gasteiger partial charge in [0.2, 0.25) is 15.9 Å². The van der Waals surface area contributed by atoms with Gasteiger partial charge in [0.1, 0.15) is 0 Å². The lowest BCUT2D eigenvalue weighted by molar-refractivity contribution is -0.116. The van der Waals surface area contributed by atoms with Gasteiger partial charge in [-0.2, -0.15) is 4.31 Å². The fraction of sp³-hybridized carbons (Fsp3) is 0.474. The molecule has 1 atom stereocenters. The number of hydrogen-bond donors (Lipinski definition) is 0. The van der Waals surface area contributed by atoms with Crippen LogP contribution < -0.4 is 4.90 Å². The van der Waals surface area contributed by atoms with Gasteiger partial charge in [0, 0.05) is 31.1 Å². The van der Waals surface area contributed by atoms with Crippen molar-refractivity contribution >= 4 is 33.0 Å². The van der Waals surface area contributed by atoms with Crippen LogP contribution >= 0.6 is 11.3 Å². The van der Waals surface area contributed by atoms with Crippen LogP contribution in [0.5, 0.6) is 0 Å². The number of anilines is 1. The van der Waals surface area contributed by atoms with Crippen molar-refractivity contribution in [2.45, 2.75) is 51.5 Å². The first kappa shape index (κ1) is 20.0. The molecule has 0 radical (unpaired) electrons. The molecule has 0 saturated carbocycles. The number of thiazole rings is 1. The molecule has 1 aliphatic rings. The highest BCUT2D eigenvalue weighted by atomic mass is 32.2. The van der Waals surface area contributed by atoms with Crippen molar-refractivity contribution in [3.05, 3.63) is 39.3 Å². The number of benzene rings is 1. The Labute approximate surface area is 164 Å².